The monoisotopic (exact) mass is 199 g/mol. The van der Waals surface area contributed by atoms with Gasteiger partial charge in [0.25, 0.3) is 0 Å². The lowest BCUT2D eigenvalue weighted by atomic mass is 10.1. The van der Waals surface area contributed by atoms with E-state index in [0.717, 1.165) is 0 Å². The molecule has 0 radical (unpaired) electrons. The summed E-state index contributed by atoms with van der Waals surface area (Å²) in [6.07, 6.45) is 3.49. The Morgan fingerprint density at radius 3 is 2.86 bits per heavy atom. The first-order valence-corrected chi connectivity index (χ1v) is 4.86. The maximum absolute atomic E-state index is 10.9. The van der Waals surface area contributed by atoms with E-state index >= 15 is 0 Å². The molecule has 0 saturated heterocycles. The van der Waals surface area contributed by atoms with Gasteiger partial charge in [0.1, 0.15) is 0 Å². The van der Waals surface area contributed by atoms with Crippen LogP contribution in [0.1, 0.15) is 20.8 Å². The predicted octanol–water partition coefficient (Wildman–Crippen LogP) is 0.829. The largest absolute Gasteiger partial charge is 0.350 e. The van der Waals surface area contributed by atoms with E-state index in [1.165, 1.54) is 6.92 Å². The Bertz CT molecular complexity index is 227. The van der Waals surface area contributed by atoms with Crippen LogP contribution in [0.2, 0.25) is 0 Å². The molecule has 14 heavy (non-hydrogen) atoms. The molecule has 1 N–H and O–H groups in total. The van der Waals surface area contributed by atoms with Crippen LogP contribution in [0.3, 0.4) is 0 Å². The van der Waals surface area contributed by atoms with Crippen LogP contribution in [0, 0.1) is 0 Å². The Balaban J connectivity index is 2.59. The van der Waals surface area contributed by atoms with Crippen LogP contribution in [0.4, 0.5) is 0 Å². The number of rotatable bonds is 3. The smallest absolute Gasteiger partial charge is 0.217 e. The van der Waals surface area contributed by atoms with Gasteiger partial charge in [0.2, 0.25) is 5.91 Å². The maximum Gasteiger partial charge on any atom is 0.217 e. The van der Waals surface area contributed by atoms with E-state index in [0.29, 0.717) is 6.61 Å². The molecule has 1 amide bonds. The minimum atomic E-state index is -0.371. The van der Waals surface area contributed by atoms with E-state index in [-0.39, 0.29) is 24.3 Å². The zero-order chi connectivity index (χ0) is 10.6. The van der Waals surface area contributed by atoms with Gasteiger partial charge in [-0.2, -0.15) is 0 Å². The van der Waals surface area contributed by atoms with Gasteiger partial charge in [0, 0.05) is 13.5 Å². The number of hydrogen-bond acceptors (Lipinski definition) is 3. The van der Waals surface area contributed by atoms with E-state index in [4.69, 9.17) is 9.47 Å². The molecule has 0 spiro atoms. The number of carbonyl (C=O) groups is 1. The molecular weight excluding hydrogens is 182 g/mol. The molecule has 0 bridgehead atoms. The van der Waals surface area contributed by atoms with Gasteiger partial charge in [-0.3, -0.25) is 4.79 Å². The van der Waals surface area contributed by atoms with Crippen LogP contribution in [0.25, 0.3) is 0 Å². The summed E-state index contributed by atoms with van der Waals surface area (Å²) in [7, 11) is 0. The van der Waals surface area contributed by atoms with E-state index in [1.54, 1.807) is 0 Å². The number of nitrogens with one attached hydrogen (secondary N) is 1. The molecule has 0 aromatic heterocycles. The summed E-state index contributed by atoms with van der Waals surface area (Å²) in [6, 6.07) is -0.177. The van der Waals surface area contributed by atoms with Gasteiger partial charge in [0.05, 0.1) is 12.1 Å². The summed E-state index contributed by atoms with van der Waals surface area (Å²) in [5.41, 5.74) is 0. The Hall–Kier alpha value is -0.870. The normalized spacial score (nSPS) is 31.5. The summed E-state index contributed by atoms with van der Waals surface area (Å²) >= 11 is 0. The fourth-order valence-corrected chi connectivity index (χ4v) is 1.37. The van der Waals surface area contributed by atoms with Crippen molar-refractivity contribution < 1.29 is 14.3 Å². The van der Waals surface area contributed by atoms with Crippen molar-refractivity contribution in [2.24, 2.45) is 0 Å². The lowest BCUT2D eigenvalue weighted by Crippen LogP contribution is -2.47. The molecule has 3 atom stereocenters. The number of amides is 1. The van der Waals surface area contributed by atoms with Crippen LogP contribution in [-0.4, -0.2) is 30.9 Å². The molecule has 0 saturated carbocycles. The summed E-state index contributed by atoms with van der Waals surface area (Å²) in [4.78, 5) is 10.9. The standard InChI is InChI=1S/C10H17NO3/c1-4-13-10-9(11-8(3)12)6-5-7(2)14-10/h5-7,9-10H,4H2,1-3H3,(H,11,12). The van der Waals surface area contributed by atoms with E-state index in [2.05, 4.69) is 5.32 Å². The van der Waals surface area contributed by atoms with Crippen LogP contribution < -0.4 is 5.32 Å². The maximum atomic E-state index is 10.9. The van der Waals surface area contributed by atoms with Crippen LogP contribution in [-0.2, 0) is 14.3 Å². The summed E-state index contributed by atoms with van der Waals surface area (Å²) in [6.45, 7) is 5.89. The Morgan fingerprint density at radius 2 is 2.29 bits per heavy atom. The second-order valence-corrected chi connectivity index (χ2v) is 3.28. The first-order valence-electron chi connectivity index (χ1n) is 4.86. The summed E-state index contributed by atoms with van der Waals surface area (Å²) in [5.74, 6) is -0.0810. The van der Waals surface area contributed by atoms with Crippen molar-refractivity contribution in [3.05, 3.63) is 12.2 Å². The highest BCUT2D eigenvalue weighted by atomic mass is 16.7. The zero-order valence-corrected chi connectivity index (χ0v) is 8.82. The molecular formula is C10H17NO3. The zero-order valence-electron chi connectivity index (χ0n) is 8.82. The number of hydrogen-bond donors (Lipinski definition) is 1. The van der Waals surface area contributed by atoms with Crippen molar-refractivity contribution in [2.45, 2.75) is 39.2 Å². The van der Waals surface area contributed by atoms with Gasteiger partial charge in [-0.1, -0.05) is 12.2 Å². The average Bonchev–Trinajstić information content (AvgIpc) is 2.09. The highest BCUT2D eigenvalue weighted by Crippen LogP contribution is 2.13. The van der Waals surface area contributed by atoms with E-state index < -0.39 is 0 Å². The Labute approximate surface area is 84.3 Å². The molecule has 1 heterocycles. The lowest BCUT2D eigenvalue weighted by Gasteiger charge is -2.30. The second-order valence-electron chi connectivity index (χ2n) is 3.28. The first kappa shape index (κ1) is 11.2. The van der Waals surface area contributed by atoms with Crippen LogP contribution in [0.5, 0.6) is 0 Å². The molecule has 1 aliphatic rings. The van der Waals surface area contributed by atoms with Gasteiger partial charge in [-0.25, -0.2) is 0 Å². The third kappa shape index (κ3) is 3.12. The highest BCUT2D eigenvalue weighted by Gasteiger charge is 2.26. The Kier molecular flexibility index (Phi) is 4.10. The van der Waals surface area contributed by atoms with Gasteiger partial charge in [0.15, 0.2) is 6.29 Å². The molecule has 4 nitrogen and oxygen atoms in total. The van der Waals surface area contributed by atoms with Gasteiger partial charge >= 0.3 is 0 Å². The third-order valence-corrected chi connectivity index (χ3v) is 1.93. The van der Waals surface area contributed by atoms with Gasteiger partial charge < -0.3 is 14.8 Å². The van der Waals surface area contributed by atoms with Crippen molar-refractivity contribution in [3.8, 4) is 0 Å². The molecule has 80 valence electrons. The molecule has 0 aromatic carbocycles. The highest BCUT2D eigenvalue weighted by molar-refractivity contribution is 5.73. The third-order valence-electron chi connectivity index (χ3n) is 1.93. The fraction of sp³-hybridized carbons (Fsp3) is 0.700. The molecule has 1 rings (SSSR count). The number of carbonyl (C=O) groups excluding carboxylic acids is 1. The summed E-state index contributed by atoms with van der Waals surface area (Å²) < 4.78 is 10.9. The topological polar surface area (TPSA) is 47.6 Å². The van der Waals surface area contributed by atoms with Crippen LogP contribution >= 0.6 is 0 Å². The molecule has 0 aliphatic carbocycles. The van der Waals surface area contributed by atoms with Gasteiger partial charge in [-0.05, 0) is 13.8 Å². The van der Waals surface area contributed by atoms with Crippen molar-refractivity contribution in [2.75, 3.05) is 6.61 Å². The molecule has 0 fully saturated rings. The second kappa shape index (κ2) is 5.12. The van der Waals surface area contributed by atoms with Crippen LogP contribution in [0.15, 0.2) is 12.2 Å². The Morgan fingerprint density at radius 1 is 1.57 bits per heavy atom. The van der Waals surface area contributed by atoms with Crippen molar-refractivity contribution >= 4 is 5.91 Å². The SMILES string of the molecule is CCOC1OC(C)C=CC1NC(C)=O. The van der Waals surface area contributed by atoms with Crippen molar-refractivity contribution in [1.29, 1.82) is 0 Å². The fourth-order valence-electron chi connectivity index (χ4n) is 1.37. The molecule has 0 aromatic rings. The van der Waals surface area contributed by atoms with E-state index in [9.17, 15) is 4.79 Å². The number of ether oxygens (including phenoxy) is 2. The molecule has 1 aliphatic heterocycles. The minimum Gasteiger partial charge on any atom is -0.350 e. The molecule has 4 heteroatoms. The minimum absolute atomic E-state index is 0.0385. The first-order chi connectivity index (χ1) is 6.63. The molecule has 3 unspecified atom stereocenters. The quantitative estimate of drug-likeness (QED) is 0.685. The van der Waals surface area contributed by atoms with E-state index in [1.807, 2.05) is 26.0 Å². The van der Waals surface area contributed by atoms with Gasteiger partial charge in [-0.15, -0.1) is 0 Å². The van der Waals surface area contributed by atoms with Crippen molar-refractivity contribution in [3.63, 3.8) is 0 Å². The summed E-state index contributed by atoms with van der Waals surface area (Å²) in [5, 5.41) is 2.76. The van der Waals surface area contributed by atoms with Crippen molar-refractivity contribution in [1.82, 2.24) is 5.32 Å². The predicted molar refractivity (Wildman–Crippen MR) is 52.7 cm³/mol. The average molecular weight is 199 g/mol. The lowest BCUT2D eigenvalue weighted by molar-refractivity contribution is -0.171.